The van der Waals surface area contributed by atoms with Gasteiger partial charge < -0.3 is 4.98 Å². The second-order valence-corrected chi connectivity index (χ2v) is 5.61. The molecule has 0 atom stereocenters. The van der Waals surface area contributed by atoms with E-state index in [1.807, 2.05) is 13.8 Å². The molecule has 0 bridgehead atoms. The zero-order chi connectivity index (χ0) is 14.2. The van der Waals surface area contributed by atoms with E-state index in [0.717, 1.165) is 5.56 Å². The lowest BCUT2D eigenvalue weighted by molar-refractivity contribution is 0.765. The number of H-pyrrole nitrogens is 1. The summed E-state index contributed by atoms with van der Waals surface area (Å²) >= 11 is 12.0. The molecule has 0 amide bonds. The van der Waals surface area contributed by atoms with E-state index in [1.54, 1.807) is 25.1 Å². The first-order chi connectivity index (χ1) is 8.88. The second-order valence-electron chi connectivity index (χ2n) is 4.74. The van der Waals surface area contributed by atoms with Crippen LogP contribution in [0.1, 0.15) is 31.2 Å². The Kier molecular flexibility index (Phi) is 3.97. The summed E-state index contributed by atoms with van der Waals surface area (Å²) < 4.78 is 0. The SMILES string of the molecule is Cc1c(-c2cc(Cl)cc(Cl)c2)nc(C(C)C)[nH]c1=O. The van der Waals surface area contributed by atoms with Gasteiger partial charge in [-0.3, -0.25) is 4.79 Å². The van der Waals surface area contributed by atoms with E-state index in [0.29, 0.717) is 27.1 Å². The van der Waals surface area contributed by atoms with E-state index >= 15 is 0 Å². The van der Waals surface area contributed by atoms with Gasteiger partial charge in [0.05, 0.1) is 5.69 Å². The van der Waals surface area contributed by atoms with E-state index in [1.165, 1.54) is 0 Å². The topological polar surface area (TPSA) is 45.8 Å². The molecule has 0 aliphatic heterocycles. The Bertz CT molecular complexity index is 657. The third-order valence-corrected chi connectivity index (χ3v) is 3.29. The van der Waals surface area contributed by atoms with Crippen molar-refractivity contribution >= 4 is 23.2 Å². The third-order valence-electron chi connectivity index (χ3n) is 2.85. The Balaban J connectivity index is 2.70. The molecular weight excluding hydrogens is 283 g/mol. The zero-order valence-corrected chi connectivity index (χ0v) is 12.4. The van der Waals surface area contributed by atoms with Crippen LogP contribution < -0.4 is 5.56 Å². The Hall–Kier alpha value is -1.32. The van der Waals surface area contributed by atoms with E-state index in [-0.39, 0.29) is 11.5 Å². The maximum Gasteiger partial charge on any atom is 0.254 e. The predicted octanol–water partition coefficient (Wildman–Crippen LogP) is 4.18. The summed E-state index contributed by atoms with van der Waals surface area (Å²) in [6.45, 7) is 5.69. The smallest absolute Gasteiger partial charge is 0.254 e. The van der Waals surface area contributed by atoms with Crippen LogP contribution in [0.5, 0.6) is 0 Å². The van der Waals surface area contributed by atoms with Crippen molar-refractivity contribution in [2.24, 2.45) is 0 Å². The van der Waals surface area contributed by atoms with Gasteiger partial charge in [0.1, 0.15) is 5.82 Å². The minimum Gasteiger partial charge on any atom is -0.310 e. The van der Waals surface area contributed by atoms with Gasteiger partial charge in [-0.1, -0.05) is 37.0 Å². The zero-order valence-electron chi connectivity index (χ0n) is 10.9. The quantitative estimate of drug-likeness (QED) is 0.904. The van der Waals surface area contributed by atoms with Gasteiger partial charge in [0, 0.05) is 27.1 Å². The van der Waals surface area contributed by atoms with Crippen LogP contribution in [0.15, 0.2) is 23.0 Å². The lowest BCUT2D eigenvalue weighted by atomic mass is 10.1. The molecule has 0 spiro atoms. The molecule has 5 heteroatoms. The number of aromatic amines is 1. The van der Waals surface area contributed by atoms with Crippen molar-refractivity contribution in [3.63, 3.8) is 0 Å². The Morgan fingerprint density at radius 2 is 1.74 bits per heavy atom. The van der Waals surface area contributed by atoms with Crippen LogP contribution in [0.4, 0.5) is 0 Å². The van der Waals surface area contributed by atoms with Crippen molar-refractivity contribution in [2.45, 2.75) is 26.7 Å². The van der Waals surface area contributed by atoms with E-state index in [4.69, 9.17) is 23.2 Å². The molecule has 100 valence electrons. The molecule has 0 fully saturated rings. The first kappa shape index (κ1) is 14.1. The van der Waals surface area contributed by atoms with Crippen LogP contribution in [-0.4, -0.2) is 9.97 Å². The molecule has 1 aromatic carbocycles. The van der Waals surface area contributed by atoms with Gasteiger partial charge >= 0.3 is 0 Å². The monoisotopic (exact) mass is 296 g/mol. The van der Waals surface area contributed by atoms with Crippen LogP contribution in [0.3, 0.4) is 0 Å². The number of nitrogens with one attached hydrogen (secondary N) is 1. The van der Waals surface area contributed by atoms with Gasteiger partial charge in [0.15, 0.2) is 0 Å². The van der Waals surface area contributed by atoms with Crippen molar-refractivity contribution < 1.29 is 0 Å². The fraction of sp³-hybridized carbons (Fsp3) is 0.286. The van der Waals surface area contributed by atoms with Gasteiger partial charge in [-0.25, -0.2) is 4.98 Å². The molecule has 2 aromatic rings. The molecule has 0 radical (unpaired) electrons. The average Bonchev–Trinajstić information content (AvgIpc) is 2.30. The summed E-state index contributed by atoms with van der Waals surface area (Å²) in [5.41, 5.74) is 1.80. The number of nitrogens with zero attached hydrogens (tertiary/aromatic N) is 1. The van der Waals surface area contributed by atoms with Crippen LogP contribution in [0.25, 0.3) is 11.3 Å². The number of halogens is 2. The first-order valence-corrected chi connectivity index (χ1v) is 6.71. The van der Waals surface area contributed by atoms with Gasteiger partial charge in [0.25, 0.3) is 5.56 Å². The van der Waals surface area contributed by atoms with Crippen molar-refractivity contribution in [3.8, 4) is 11.3 Å². The Morgan fingerprint density at radius 1 is 1.16 bits per heavy atom. The molecule has 0 unspecified atom stereocenters. The fourth-order valence-electron chi connectivity index (χ4n) is 1.79. The van der Waals surface area contributed by atoms with Crippen molar-refractivity contribution in [1.82, 2.24) is 9.97 Å². The van der Waals surface area contributed by atoms with Crippen LogP contribution in [0.2, 0.25) is 10.0 Å². The molecule has 0 saturated heterocycles. The normalized spacial score (nSPS) is 11.1. The lowest BCUT2D eigenvalue weighted by Gasteiger charge is -2.10. The van der Waals surface area contributed by atoms with E-state index < -0.39 is 0 Å². The highest BCUT2D eigenvalue weighted by atomic mass is 35.5. The van der Waals surface area contributed by atoms with Crippen LogP contribution >= 0.6 is 23.2 Å². The molecule has 0 aliphatic carbocycles. The number of rotatable bonds is 2. The van der Waals surface area contributed by atoms with Gasteiger partial charge in [0.2, 0.25) is 0 Å². The summed E-state index contributed by atoms with van der Waals surface area (Å²) in [4.78, 5) is 19.2. The molecule has 1 N–H and O–H groups in total. The van der Waals surface area contributed by atoms with Crippen LogP contribution in [-0.2, 0) is 0 Å². The molecule has 0 saturated carbocycles. The summed E-state index contributed by atoms with van der Waals surface area (Å²) in [5, 5.41) is 1.05. The molecular formula is C14H14Cl2N2O. The van der Waals surface area contributed by atoms with E-state index in [9.17, 15) is 4.79 Å². The molecule has 3 nitrogen and oxygen atoms in total. The second kappa shape index (κ2) is 5.35. The molecule has 1 heterocycles. The average molecular weight is 297 g/mol. The number of hydrogen-bond acceptors (Lipinski definition) is 2. The standard InChI is InChI=1S/C14H14Cl2N2O/c1-7(2)13-17-12(8(3)14(19)18-13)9-4-10(15)6-11(16)5-9/h4-7H,1-3H3,(H,17,18,19). The highest BCUT2D eigenvalue weighted by Gasteiger charge is 2.12. The molecule has 0 aliphatic rings. The van der Waals surface area contributed by atoms with Crippen molar-refractivity contribution in [1.29, 1.82) is 0 Å². The predicted molar refractivity (Wildman–Crippen MR) is 79.1 cm³/mol. The lowest BCUT2D eigenvalue weighted by Crippen LogP contribution is -2.16. The third kappa shape index (κ3) is 2.99. The summed E-state index contributed by atoms with van der Waals surface area (Å²) in [5.74, 6) is 0.795. The van der Waals surface area contributed by atoms with Crippen molar-refractivity contribution in [2.75, 3.05) is 0 Å². The minimum atomic E-state index is -0.134. The summed E-state index contributed by atoms with van der Waals surface area (Å²) in [7, 11) is 0. The highest BCUT2D eigenvalue weighted by molar-refractivity contribution is 6.35. The molecule has 19 heavy (non-hydrogen) atoms. The van der Waals surface area contributed by atoms with Gasteiger partial charge in [-0.05, 0) is 25.1 Å². The number of hydrogen-bond donors (Lipinski definition) is 1. The number of benzene rings is 1. The molecule has 2 rings (SSSR count). The highest BCUT2D eigenvalue weighted by Crippen LogP contribution is 2.27. The van der Waals surface area contributed by atoms with Gasteiger partial charge in [-0.15, -0.1) is 0 Å². The maximum absolute atomic E-state index is 11.9. The Labute approximate surface area is 121 Å². The van der Waals surface area contributed by atoms with Crippen LogP contribution in [0, 0.1) is 6.92 Å². The summed E-state index contributed by atoms with van der Waals surface area (Å²) in [6.07, 6.45) is 0. The Morgan fingerprint density at radius 3 is 2.26 bits per heavy atom. The minimum absolute atomic E-state index is 0.134. The number of aromatic nitrogens is 2. The van der Waals surface area contributed by atoms with E-state index in [2.05, 4.69) is 9.97 Å². The van der Waals surface area contributed by atoms with Gasteiger partial charge in [-0.2, -0.15) is 0 Å². The maximum atomic E-state index is 11.9. The summed E-state index contributed by atoms with van der Waals surface area (Å²) in [6, 6.07) is 5.16. The largest absolute Gasteiger partial charge is 0.310 e. The molecule has 1 aromatic heterocycles. The van der Waals surface area contributed by atoms with Crippen molar-refractivity contribution in [3.05, 3.63) is 50.0 Å². The first-order valence-electron chi connectivity index (χ1n) is 5.95. The fourth-order valence-corrected chi connectivity index (χ4v) is 2.32.